The second-order valence-corrected chi connectivity index (χ2v) is 5.95. The Hall–Kier alpha value is -1.88. The standard InChI is InChI=1S/C19H30N2O3/c1-2-3-12-17(21-18(22)13-8-5-9-14-20)19(23)24-15-16-10-6-4-7-11-16/h4,6-7,10-11,17H,2-3,5,8-9,12-15,20H2,1H3,(H,21,22)/t17-/m0/s1. The van der Waals surface area contributed by atoms with Crippen LogP contribution in [0.25, 0.3) is 0 Å². The molecule has 5 nitrogen and oxygen atoms in total. The van der Waals surface area contributed by atoms with Gasteiger partial charge in [-0.05, 0) is 31.4 Å². The summed E-state index contributed by atoms with van der Waals surface area (Å²) >= 11 is 0. The highest BCUT2D eigenvalue weighted by atomic mass is 16.5. The second kappa shape index (κ2) is 12.5. The zero-order chi connectivity index (χ0) is 17.6. The van der Waals surface area contributed by atoms with Crippen LogP contribution in [-0.2, 0) is 20.9 Å². The van der Waals surface area contributed by atoms with Crippen molar-refractivity contribution in [2.75, 3.05) is 6.54 Å². The Morgan fingerprint density at radius 3 is 2.54 bits per heavy atom. The summed E-state index contributed by atoms with van der Waals surface area (Å²) in [5.41, 5.74) is 6.38. The van der Waals surface area contributed by atoms with Gasteiger partial charge in [0.2, 0.25) is 5.91 Å². The van der Waals surface area contributed by atoms with Crippen LogP contribution in [0.1, 0.15) is 57.4 Å². The fourth-order valence-electron chi connectivity index (χ4n) is 2.36. The Bertz CT molecular complexity index is 477. The molecule has 1 aromatic rings. The number of carbonyl (C=O) groups is 2. The van der Waals surface area contributed by atoms with E-state index in [0.29, 0.717) is 19.4 Å². The van der Waals surface area contributed by atoms with Gasteiger partial charge >= 0.3 is 5.97 Å². The lowest BCUT2D eigenvalue weighted by Crippen LogP contribution is -2.41. The molecular weight excluding hydrogens is 304 g/mol. The Kier molecular flexibility index (Phi) is 10.5. The van der Waals surface area contributed by atoms with E-state index in [1.54, 1.807) is 0 Å². The van der Waals surface area contributed by atoms with Crippen LogP contribution < -0.4 is 11.1 Å². The summed E-state index contributed by atoms with van der Waals surface area (Å²) in [7, 11) is 0. The van der Waals surface area contributed by atoms with Gasteiger partial charge in [-0.1, -0.05) is 56.5 Å². The van der Waals surface area contributed by atoms with E-state index in [-0.39, 0.29) is 18.5 Å². The van der Waals surface area contributed by atoms with Gasteiger partial charge in [0, 0.05) is 6.42 Å². The lowest BCUT2D eigenvalue weighted by atomic mass is 10.1. The Labute approximate surface area is 145 Å². The van der Waals surface area contributed by atoms with E-state index in [9.17, 15) is 9.59 Å². The van der Waals surface area contributed by atoms with Gasteiger partial charge in [0.05, 0.1) is 0 Å². The number of nitrogens with one attached hydrogen (secondary N) is 1. The molecular formula is C19H30N2O3. The quantitative estimate of drug-likeness (QED) is 0.455. The fourth-order valence-corrected chi connectivity index (χ4v) is 2.36. The largest absolute Gasteiger partial charge is 0.459 e. The van der Waals surface area contributed by atoms with Gasteiger partial charge in [-0.25, -0.2) is 4.79 Å². The van der Waals surface area contributed by atoms with Crippen LogP contribution in [0.3, 0.4) is 0 Å². The third-order valence-electron chi connectivity index (χ3n) is 3.80. The summed E-state index contributed by atoms with van der Waals surface area (Å²) in [5.74, 6) is -0.451. The van der Waals surface area contributed by atoms with E-state index in [2.05, 4.69) is 12.2 Å². The minimum atomic E-state index is -0.560. The van der Waals surface area contributed by atoms with Crippen LogP contribution >= 0.6 is 0 Å². The highest BCUT2D eigenvalue weighted by Crippen LogP contribution is 2.07. The van der Waals surface area contributed by atoms with Gasteiger partial charge in [-0.3, -0.25) is 4.79 Å². The van der Waals surface area contributed by atoms with E-state index in [4.69, 9.17) is 10.5 Å². The molecule has 1 atom stereocenters. The lowest BCUT2D eigenvalue weighted by molar-refractivity contribution is -0.149. The summed E-state index contributed by atoms with van der Waals surface area (Å²) in [4.78, 5) is 24.3. The fraction of sp³-hybridized carbons (Fsp3) is 0.579. The number of unbranched alkanes of at least 4 members (excludes halogenated alkanes) is 3. The molecule has 0 heterocycles. The topological polar surface area (TPSA) is 81.4 Å². The zero-order valence-corrected chi connectivity index (χ0v) is 14.6. The molecule has 1 rings (SSSR count). The zero-order valence-electron chi connectivity index (χ0n) is 14.6. The average molecular weight is 334 g/mol. The van der Waals surface area contributed by atoms with Gasteiger partial charge in [0.25, 0.3) is 0 Å². The molecule has 0 aliphatic heterocycles. The molecule has 0 saturated heterocycles. The summed E-state index contributed by atoms with van der Waals surface area (Å²) in [6.07, 6.45) is 5.52. The predicted molar refractivity (Wildman–Crippen MR) is 95.2 cm³/mol. The van der Waals surface area contributed by atoms with Gasteiger partial charge in [-0.2, -0.15) is 0 Å². The van der Waals surface area contributed by atoms with Crippen LogP contribution in [0.15, 0.2) is 30.3 Å². The SMILES string of the molecule is CCCC[C@H](NC(=O)CCCCCN)C(=O)OCc1ccccc1. The predicted octanol–water partition coefficient (Wildman–Crippen LogP) is 2.92. The summed E-state index contributed by atoms with van der Waals surface area (Å²) < 4.78 is 5.36. The maximum Gasteiger partial charge on any atom is 0.328 e. The normalized spacial score (nSPS) is 11.8. The van der Waals surface area contributed by atoms with E-state index in [1.807, 2.05) is 30.3 Å². The molecule has 0 bridgehead atoms. The minimum absolute atomic E-state index is 0.0928. The molecule has 0 fully saturated rings. The molecule has 1 amide bonds. The molecule has 0 spiro atoms. The van der Waals surface area contributed by atoms with Crippen molar-refractivity contribution < 1.29 is 14.3 Å². The first kappa shape index (κ1) is 20.2. The molecule has 0 saturated carbocycles. The molecule has 1 aromatic carbocycles. The molecule has 0 aliphatic rings. The van der Waals surface area contributed by atoms with Crippen LogP contribution in [-0.4, -0.2) is 24.5 Å². The van der Waals surface area contributed by atoms with Crippen molar-refractivity contribution >= 4 is 11.9 Å². The molecule has 0 aliphatic carbocycles. The first-order valence-electron chi connectivity index (χ1n) is 8.87. The van der Waals surface area contributed by atoms with Gasteiger partial charge in [0.1, 0.15) is 12.6 Å². The van der Waals surface area contributed by atoms with Crippen LogP contribution in [0, 0.1) is 0 Å². The van der Waals surface area contributed by atoms with Crippen molar-refractivity contribution in [3.05, 3.63) is 35.9 Å². The maximum absolute atomic E-state index is 12.3. The maximum atomic E-state index is 12.3. The van der Waals surface area contributed by atoms with E-state index in [1.165, 1.54) is 0 Å². The second-order valence-electron chi connectivity index (χ2n) is 5.95. The van der Waals surface area contributed by atoms with Crippen molar-refractivity contribution in [1.29, 1.82) is 0 Å². The van der Waals surface area contributed by atoms with Crippen molar-refractivity contribution in [1.82, 2.24) is 5.32 Å². The Morgan fingerprint density at radius 1 is 1.12 bits per heavy atom. The number of amides is 1. The van der Waals surface area contributed by atoms with E-state index < -0.39 is 6.04 Å². The van der Waals surface area contributed by atoms with Crippen molar-refractivity contribution in [2.45, 2.75) is 64.5 Å². The van der Waals surface area contributed by atoms with Gasteiger partial charge in [-0.15, -0.1) is 0 Å². The average Bonchev–Trinajstić information content (AvgIpc) is 2.61. The van der Waals surface area contributed by atoms with E-state index in [0.717, 1.165) is 37.7 Å². The summed E-state index contributed by atoms with van der Waals surface area (Å²) in [6.45, 7) is 2.93. The van der Waals surface area contributed by atoms with Crippen molar-refractivity contribution in [3.63, 3.8) is 0 Å². The summed E-state index contributed by atoms with van der Waals surface area (Å²) in [5, 5.41) is 2.82. The number of nitrogens with two attached hydrogens (primary N) is 1. The highest BCUT2D eigenvalue weighted by molar-refractivity contribution is 5.84. The minimum Gasteiger partial charge on any atom is -0.459 e. The molecule has 134 valence electrons. The lowest BCUT2D eigenvalue weighted by Gasteiger charge is -2.17. The number of hydrogen-bond donors (Lipinski definition) is 2. The monoisotopic (exact) mass is 334 g/mol. The molecule has 0 aromatic heterocycles. The smallest absolute Gasteiger partial charge is 0.328 e. The third-order valence-corrected chi connectivity index (χ3v) is 3.80. The first-order chi connectivity index (χ1) is 11.7. The Morgan fingerprint density at radius 2 is 1.88 bits per heavy atom. The number of ether oxygens (including phenoxy) is 1. The molecule has 0 unspecified atom stereocenters. The molecule has 24 heavy (non-hydrogen) atoms. The Balaban J connectivity index is 2.44. The van der Waals surface area contributed by atoms with Crippen molar-refractivity contribution in [3.8, 4) is 0 Å². The molecule has 5 heteroatoms. The highest BCUT2D eigenvalue weighted by Gasteiger charge is 2.21. The number of hydrogen-bond acceptors (Lipinski definition) is 4. The number of carbonyl (C=O) groups excluding carboxylic acids is 2. The number of esters is 1. The molecule has 0 radical (unpaired) electrons. The summed E-state index contributed by atoms with van der Waals surface area (Å²) in [6, 6.07) is 8.98. The van der Waals surface area contributed by atoms with Crippen LogP contribution in [0.2, 0.25) is 0 Å². The third kappa shape index (κ3) is 8.67. The van der Waals surface area contributed by atoms with Gasteiger partial charge in [0.15, 0.2) is 0 Å². The number of rotatable bonds is 12. The van der Waals surface area contributed by atoms with E-state index >= 15 is 0 Å². The van der Waals surface area contributed by atoms with Crippen LogP contribution in [0.4, 0.5) is 0 Å². The van der Waals surface area contributed by atoms with Crippen LogP contribution in [0.5, 0.6) is 0 Å². The van der Waals surface area contributed by atoms with Gasteiger partial charge < -0.3 is 15.8 Å². The number of benzene rings is 1. The molecule has 3 N–H and O–H groups in total. The van der Waals surface area contributed by atoms with Crippen molar-refractivity contribution in [2.24, 2.45) is 5.73 Å². The first-order valence-corrected chi connectivity index (χ1v) is 8.87.